The molecule has 0 spiro atoms. The number of benzene rings is 2. The molecule has 2 atom stereocenters. The SMILES string of the molecule is CCCCC(=O)N(Cc1ccc(-c2ccccc2S(=O)(=O)Nc2onc(C)c2C)cc1)[C@H](C(=O)NCC1CCCO1)C(C)C. The van der Waals surface area contributed by atoms with Gasteiger partial charge in [0, 0.05) is 37.2 Å². The summed E-state index contributed by atoms with van der Waals surface area (Å²) < 4.78 is 40.1. The second-order valence-corrected chi connectivity index (χ2v) is 13.4. The molecule has 238 valence electrons. The number of unbranched alkanes of at least 4 members (excludes halogenated alkanes) is 1. The van der Waals surface area contributed by atoms with Crippen molar-refractivity contribution in [2.45, 2.75) is 90.3 Å². The second kappa shape index (κ2) is 14.9. The van der Waals surface area contributed by atoms with E-state index in [1.807, 2.05) is 45.0 Å². The molecular weight excluding hydrogens is 580 g/mol. The van der Waals surface area contributed by atoms with Gasteiger partial charge in [0.2, 0.25) is 17.7 Å². The molecule has 11 heteroatoms. The summed E-state index contributed by atoms with van der Waals surface area (Å²) in [6.07, 6.45) is 3.88. The number of aryl methyl sites for hydroxylation is 1. The van der Waals surface area contributed by atoms with Crippen molar-refractivity contribution in [1.29, 1.82) is 0 Å². The topological polar surface area (TPSA) is 131 Å². The summed E-state index contributed by atoms with van der Waals surface area (Å²) in [4.78, 5) is 28.7. The van der Waals surface area contributed by atoms with Gasteiger partial charge >= 0.3 is 0 Å². The zero-order valence-corrected chi connectivity index (χ0v) is 27.1. The fraction of sp³-hybridized carbons (Fsp3) is 0.485. The first-order valence-corrected chi connectivity index (χ1v) is 16.8. The quantitative estimate of drug-likeness (QED) is 0.239. The summed E-state index contributed by atoms with van der Waals surface area (Å²) in [5.41, 5.74) is 3.27. The van der Waals surface area contributed by atoms with Crippen LogP contribution < -0.4 is 10.0 Å². The number of carbonyl (C=O) groups excluding carboxylic acids is 2. The highest BCUT2D eigenvalue weighted by Crippen LogP contribution is 2.30. The van der Waals surface area contributed by atoms with Gasteiger partial charge in [-0.1, -0.05) is 74.8 Å². The lowest BCUT2D eigenvalue weighted by Crippen LogP contribution is -2.52. The van der Waals surface area contributed by atoms with Crippen LogP contribution in [0.5, 0.6) is 0 Å². The van der Waals surface area contributed by atoms with Crippen molar-refractivity contribution in [3.8, 4) is 11.1 Å². The van der Waals surface area contributed by atoms with Crippen molar-refractivity contribution >= 4 is 27.7 Å². The fourth-order valence-electron chi connectivity index (χ4n) is 5.36. The minimum absolute atomic E-state index is 0.00864. The highest BCUT2D eigenvalue weighted by Gasteiger charge is 2.33. The highest BCUT2D eigenvalue weighted by atomic mass is 32.2. The van der Waals surface area contributed by atoms with Crippen LogP contribution in [-0.2, 0) is 30.9 Å². The molecule has 0 bridgehead atoms. The van der Waals surface area contributed by atoms with Gasteiger partial charge in [-0.25, -0.2) is 13.1 Å². The van der Waals surface area contributed by atoms with Gasteiger partial charge in [0.1, 0.15) is 6.04 Å². The molecule has 1 aliphatic rings. The number of nitrogens with zero attached hydrogens (tertiary/aromatic N) is 2. The highest BCUT2D eigenvalue weighted by molar-refractivity contribution is 7.92. The first-order chi connectivity index (χ1) is 21.0. The molecule has 2 amide bonds. The molecule has 1 fully saturated rings. The molecule has 4 rings (SSSR count). The Hall–Kier alpha value is -3.70. The van der Waals surface area contributed by atoms with Gasteiger partial charge in [0.05, 0.1) is 16.7 Å². The summed E-state index contributed by atoms with van der Waals surface area (Å²) in [6.45, 7) is 10.8. The third kappa shape index (κ3) is 8.06. The van der Waals surface area contributed by atoms with Crippen LogP contribution in [0.15, 0.2) is 57.9 Å². The number of nitrogens with one attached hydrogen (secondary N) is 2. The number of rotatable bonds is 14. The Labute approximate surface area is 260 Å². The molecule has 2 aromatic carbocycles. The monoisotopic (exact) mass is 624 g/mol. The van der Waals surface area contributed by atoms with Crippen molar-refractivity contribution in [3.63, 3.8) is 0 Å². The number of ether oxygens (including phenoxy) is 1. The molecule has 44 heavy (non-hydrogen) atoms. The third-order valence-electron chi connectivity index (χ3n) is 8.01. The average molecular weight is 625 g/mol. The second-order valence-electron chi connectivity index (χ2n) is 11.7. The first-order valence-electron chi connectivity index (χ1n) is 15.3. The Bertz CT molecular complexity index is 1530. The van der Waals surface area contributed by atoms with Gasteiger partial charge in [-0.05, 0) is 56.2 Å². The number of amides is 2. The normalized spacial score (nSPS) is 15.7. The maximum Gasteiger partial charge on any atom is 0.264 e. The summed E-state index contributed by atoms with van der Waals surface area (Å²) >= 11 is 0. The maximum absolute atomic E-state index is 13.5. The minimum atomic E-state index is -3.98. The average Bonchev–Trinajstić information content (AvgIpc) is 3.64. The molecule has 1 aliphatic heterocycles. The van der Waals surface area contributed by atoms with E-state index in [0.29, 0.717) is 42.0 Å². The Morgan fingerprint density at radius 2 is 1.82 bits per heavy atom. The lowest BCUT2D eigenvalue weighted by molar-refractivity contribution is -0.143. The van der Waals surface area contributed by atoms with E-state index in [4.69, 9.17) is 9.26 Å². The lowest BCUT2D eigenvalue weighted by atomic mass is 9.98. The predicted octanol–water partition coefficient (Wildman–Crippen LogP) is 5.60. The Balaban J connectivity index is 1.57. The first kappa shape index (κ1) is 33.2. The number of hydrogen-bond acceptors (Lipinski definition) is 7. The predicted molar refractivity (Wildman–Crippen MR) is 169 cm³/mol. The molecule has 1 aromatic heterocycles. The largest absolute Gasteiger partial charge is 0.376 e. The number of anilines is 1. The molecule has 0 radical (unpaired) electrons. The third-order valence-corrected chi connectivity index (χ3v) is 9.40. The van der Waals surface area contributed by atoms with E-state index < -0.39 is 16.1 Å². The van der Waals surface area contributed by atoms with E-state index in [-0.39, 0.29) is 41.2 Å². The Morgan fingerprint density at radius 1 is 1.09 bits per heavy atom. The molecule has 0 aliphatic carbocycles. The van der Waals surface area contributed by atoms with Gasteiger partial charge in [0.15, 0.2) is 0 Å². The zero-order chi connectivity index (χ0) is 31.9. The van der Waals surface area contributed by atoms with Crippen LogP contribution >= 0.6 is 0 Å². The van der Waals surface area contributed by atoms with E-state index in [1.165, 1.54) is 0 Å². The Morgan fingerprint density at radius 3 is 2.43 bits per heavy atom. The summed E-state index contributed by atoms with van der Waals surface area (Å²) in [6, 6.07) is 13.5. The van der Waals surface area contributed by atoms with Crippen LogP contribution in [-0.4, -0.2) is 55.6 Å². The number of aromatic nitrogens is 1. The van der Waals surface area contributed by atoms with E-state index in [9.17, 15) is 18.0 Å². The fourth-order valence-corrected chi connectivity index (χ4v) is 6.63. The van der Waals surface area contributed by atoms with Crippen LogP contribution in [0.2, 0.25) is 0 Å². The molecule has 3 aromatic rings. The summed E-state index contributed by atoms with van der Waals surface area (Å²) in [7, 11) is -3.98. The van der Waals surface area contributed by atoms with Crippen molar-refractivity contribution in [2.75, 3.05) is 17.9 Å². The molecule has 2 N–H and O–H groups in total. The molecule has 2 heterocycles. The zero-order valence-electron chi connectivity index (χ0n) is 26.3. The van der Waals surface area contributed by atoms with E-state index >= 15 is 0 Å². The van der Waals surface area contributed by atoms with E-state index in [0.717, 1.165) is 31.2 Å². The van der Waals surface area contributed by atoms with Gasteiger partial charge in [0.25, 0.3) is 10.0 Å². The maximum atomic E-state index is 13.5. The van der Waals surface area contributed by atoms with Crippen LogP contribution in [0.25, 0.3) is 11.1 Å². The smallest absolute Gasteiger partial charge is 0.264 e. The summed E-state index contributed by atoms with van der Waals surface area (Å²) in [5.74, 6) is -0.270. The minimum Gasteiger partial charge on any atom is -0.376 e. The van der Waals surface area contributed by atoms with Crippen molar-refractivity contribution < 1.29 is 27.3 Å². The molecule has 10 nitrogen and oxygen atoms in total. The van der Waals surface area contributed by atoms with Crippen LogP contribution in [0.1, 0.15) is 69.7 Å². The number of carbonyl (C=O) groups is 2. The van der Waals surface area contributed by atoms with Crippen LogP contribution in [0.4, 0.5) is 5.88 Å². The van der Waals surface area contributed by atoms with E-state index in [2.05, 4.69) is 15.2 Å². The van der Waals surface area contributed by atoms with Crippen LogP contribution in [0, 0.1) is 19.8 Å². The number of hydrogen-bond donors (Lipinski definition) is 2. The molecule has 1 saturated heterocycles. The van der Waals surface area contributed by atoms with Crippen LogP contribution in [0.3, 0.4) is 0 Å². The van der Waals surface area contributed by atoms with Gasteiger partial charge in [-0.3, -0.25) is 9.59 Å². The van der Waals surface area contributed by atoms with E-state index in [1.54, 1.807) is 43.0 Å². The van der Waals surface area contributed by atoms with Crippen molar-refractivity contribution in [2.24, 2.45) is 5.92 Å². The molecule has 0 saturated carbocycles. The van der Waals surface area contributed by atoms with Gasteiger partial charge < -0.3 is 19.5 Å². The number of sulfonamides is 1. The van der Waals surface area contributed by atoms with Crippen molar-refractivity contribution in [3.05, 3.63) is 65.4 Å². The standard InChI is InChI=1S/C33H44N4O6S/c1-6-7-14-30(38)37(31(22(2)3)32(39)34-20-27-11-10-19-42-27)21-25-15-17-26(18-16-25)28-12-8-9-13-29(28)44(40,41)36-33-23(4)24(5)35-43-33/h8-9,12-13,15-18,22,27,31,36H,6-7,10-11,14,19-21H2,1-5H3,(H,34,39)/t27?,31-/m0/s1. The molecule has 1 unspecified atom stereocenters. The van der Waals surface area contributed by atoms with Gasteiger partial charge in [-0.2, -0.15) is 0 Å². The Kier molecular flexibility index (Phi) is 11.2. The lowest BCUT2D eigenvalue weighted by Gasteiger charge is -2.34. The summed E-state index contributed by atoms with van der Waals surface area (Å²) in [5, 5.41) is 6.86. The van der Waals surface area contributed by atoms with Crippen molar-refractivity contribution in [1.82, 2.24) is 15.4 Å². The van der Waals surface area contributed by atoms with Gasteiger partial charge in [-0.15, -0.1) is 0 Å². The molecular formula is C33H44N4O6S.